The highest BCUT2D eigenvalue weighted by Gasteiger charge is 2.54. The minimum absolute atomic E-state index is 0.0332. The van der Waals surface area contributed by atoms with Crippen LogP contribution in [0.25, 0.3) is 22.3 Å². The van der Waals surface area contributed by atoms with Gasteiger partial charge < -0.3 is 40.5 Å². The topological polar surface area (TPSA) is 175 Å². The number of alkyl carbamates (subject to hydrolysis) is 2. The standard InChI is InChI=1S/C56H66N6O8/c1-31(2)47(59-55(67)69-5)53(65)61-43-25-19-39(29-43)49(61)51(63)57-41-21-15-37(16-22-41)45-27-33-7-11-35(45)13-9-34-8-12-36(14-10-33)46(28-34)38-17-23-42(24-18-38)58-52(64)50-40-20-26-44(30-40)62(50)54(66)48(32(3)4)60-56(68)70-6/h7-8,11-12,15-18,21-24,27-28,31-32,39-40,43-44,47-50H,9-10,13-14,19-20,25-26,29-30H2,1-6H3,(H,57,63)(H,58,64)(H,59,67)(H,60,68)/t39-,40-,43+,44+,47-,48-,49-,50-/m0/s1. The highest BCUT2D eigenvalue weighted by molar-refractivity contribution is 6.00. The molecule has 70 heavy (non-hydrogen) atoms. The first-order valence-electron chi connectivity index (χ1n) is 25.1. The number of rotatable bonds is 12. The van der Waals surface area contributed by atoms with Crippen LogP contribution < -0.4 is 21.3 Å². The van der Waals surface area contributed by atoms with E-state index >= 15 is 0 Å². The fourth-order valence-electron chi connectivity index (χ4n) is 12.0. The van der Waals surface area contributed by atoms with Gasteiger partial charge in [-0.1, -0.05) is 88.4 Å². The second-order valence-electron chi connectivity index (χ2n) is 20.7. The van der Waals surface area contributed by atoms with Gasteiger partial charge >= 0.3 is 12.2 Å². The summed E-state index contributed by atoms with van der Waals surface area (Å²) in [6, 6.07) is 26.6. The van der Waals surface area contributed by atoms with Gasteiger partial charge in [0.15, 0.2) is 0 Å². The van der Waals surface area contributed by atoms with Crippen molar-refractivity contribution in [1.29, 1.82) is 0 Å². The monoisotopic (exact) mass is 950 g/mol. The molecule has 8 bridgehead atoms. The molecule has 4 N–H and O–H groups in total. The molecule has 368 valence electrons. The summed E-state index contributed by atoms with van der Waals surface area (Å²) in [5.41, 5.74) is 10.7. The first-order chi connectivity index (χ1) is 33.7. The van der Waals surface area contributed by atoms with Gasteiger partial charge in [0.05, 0.1) is 14.2 Å². The Hall–Kier alpha value is -6.70. The molecule has 6 aliphatic carbocycles. The van der Waals surface area contributed by atoms with Crippen LogP contribution in [0.3, 0.4) is 0 Å². The number of ether oxygens (including phenoxy) is 2. The molecule has 6 amide bonds. The van der Waals surface area contributed by atoms with E-state index in [9.17, 15) is 28.8 Å². The van der Waals surface area contributed by atoms with Crippen LogP contribution in [0.15, 0.2) is 84.9 Å². The van der Waals surface area contributed by atoms with Crippen molar-refractivity contribution in [3.63, 3.8) is 0 Å². The largest absolute Gasteiger partial charge is 0.453 e. The maximum Gasteiger partial charge on any atom is 0.407 e. The fraction of sp³-hybridized carbons (Fsp3) is 0.464. The van der Waals surface area contributed by atoms with Crippen molar-refractivity contribution < 1.29 is 38.2 Å². The number of hydrogen-bond acceptors (Lipinski definition) is 8. The molecule has 14 heteroatoms. The third-order valence-electron chi connectivity index (χ3n) is 15.6. The third kappa shape index (κ3) is 9.74. The average Bonchev–Trinajstić information content (AvgIpc) is 4.18. The zero-order chi connectivity index (χ0) is 49.4. The van der Waals surface area contributed by atoms with Crippen LogP contribution in [0, 0.1) is 23.7 Å². The second-order valence-corrected chi connectivity index (χ2v) is 20.7. The fourth-order valence-corrected chi connectivity index (χ4v) is 12.0. The van der Waals surface area contributed by atoms with E-state index in [0.29, 0.717) is 11.4 Å². The zero-order valence-electron chi connectivity index (χ0n) is 41.1. The lowest BCUT2D eigenvalue weighted by Crippen LogP contribution is -2.58. The molecule has 2 saturated carbocycles. The lowest BCUT2D eigenvalue weighted by molar-refractivity contribution is -0.143. The van der Waals surface area contributed by atoms with E-state index in [1.807, 2.05) is 52.0 Å². The predicted molar refractivity (Wildman–Crippen MR) is 268 cm³/mol. The molecule has 14 nitrogen and oxygen atoms in total. The van der Waals surface area contributed by atoms with Gasteiger partial charge in [0.1, 0.15) is 24.2 Å². The Morgan fingerprint density at radius 1 is 0.514 bits per heavy atom. The smallest absolute Gasteiger partial charge is 0.407 e. The maximum absolute atomic E-state index is 14.0. The van der Waals surface area contributed by atoms with Gasteiger partial charge in [-0.3, -0.25) is 19.2 Å². The first-order valence-corrected chi connectivity index (χ1v) is 25.1. The number of aryl methyl sites for hydroxylation is 4. The van der Waals surface area contributed by atoms with Crippen LogP contribution in [0.4, 0.5) is 21.0 Å². The minimum Gasteiger partial charge on any atom is -0.453 e. The van der Waals surface area contributed by atoms with Gasteiger partial charge in [-0.25, -0.2) is 9.59 Å². The number of benzene rings is 4. The lowest BCUT2D eigenvalue weighted by atomic mass is 9.87. The van der Waals surface area contributed by atoms with Crippen molar-refractivity contribution in [2.24, 2.45) is 23.7 Å². The van der Waals surface area contributed by atoms with Gasteiger partial charge in [0.2, 0.25) is 23.6 Å². The van der Waals surface area contributed by atoms with Crippen LogP contribution >= 0.6 is 0 Å². The molecule has 2 aliphatic heterocycles. The van der Waals surface area contributed by atoms with E-state index < -0.39 is 36.4 Å². The molecule has 4 aromatic rings. The molecule has 0 aromatic heterocycles. The quantitative estimate of drug-likeness (QED) is 0.110. The Morgan fingerprint density at radius 3 is 1.26 bits per heavy atom. The number of likely N-dealkylation sites (tertiary alicyclic amines) is 2. The molecule has 2 saturated heterocycles. The Morgan fingerprint density at radius 2 is 0.900 bits per heavy atom. The minimum atomic E-state index is -0.794. The summed E-state index contributed by atoms with van der Waals surface area (Å²) in [5.74, 6) is -1.15. The Kier molecular flexibility index (Phi) is 14.0. The predicted octanol–water partition coefficient (Wildman–Crippen LogP) is 8.30. The Bertz CT molecular complexity index is 2470. The molecule has 2 heterocycles. The molecule has 0 radical (unpaired) electrons. The molecular formula is C56H66N6O8. The summed E-state index contributed by atoms with van der Waals surface area (Å²) in [6.45, 7) is 7.49. The van der Waals surface area contributed by atoms with Crippen molar-refractivity contribution in [3.05, 3.63) is 107 Å². The van der Waals surface area contributed by atoms with Crippen molar-refractivity contribution in [3.8, 4) is 22.3 Å². The van der Waals surface area contributed by atoms with E-state index in [-0.39, 0.29) is 59.4 Å². The normalized spacial score (nSPS) is 22.9. The molecule has 8 atom stereocenters. The average molecular weight is 951 g/mol. The van der Waals surface area contributed by atoms with E-state index in [2.05, 4.69) is 81.9 Å². The first kappa shape index (κ1) is 48.3. The second kappa shape index (κ2) is 20.3. The van der Waals surface area contributed by atoms with Crippen LogP contribution in [0.1, 0.15) is 88.5 Å². The molecular weight excluding hydrogens is 885 g/mol. The number of nitrogens with one attached hydrogen (secondary N) is 4. The lowest BCUT2D eigenvalue weighted by Gasteiger charge is -2.37. The number of carbonyl (C=O) groups is 6. The number of nitrogens with zero attached hydrogens (tertiary/aromatic N) is 2. The number of carbonyl (C=O) groups excluding carboxylic acids is 6. The van der Waals surface area contributed by atoms with Crippen LogP contribution in [-0.4, -0.2) is 96.1 Å². The summed E-state index contributed by atoms with van der Waals surface area (Å²) in [7, 11) is 2.55. The van der Waals surface area contributed by atoms with Crippen molar-refractivity contribution in [2.45, 2.75) is 128 Å². The van der Waals surface area contributed by atoms with E-state index in [1.54, 1.807) is 9.80 Å². The molecule has 4 aromatic carbocycles. The third-order valence-corrected chi connectivity index (χ3v) is 15.6. The van der Waals surface area contributed by atoms with E-state index in [0.717, 1.165) is 75.3 Å². The van der Waals surface area contributed by atoms with Crippen LogP contribution in [0.2, 0.25) is 0 Å². The van der Waals surface area contributed by atoms with Crippen LogP contribution in [0.5, 0.6) is 0 Å². The number of piperidine rings is 2. The van der Waals surface area contributed by atoms with Gasteiger partial charge in [-0.05, 0) is 157 Å². The number of anilines is 2. The summed E-state index contributed by atoms with van der Waals surface area (Å²) < 4.78 is 9.60. The molecule has 12 rings (SSSR count). The van der Waals surface area contributed by atoms with Gasteiger partial charge in [-0.2, -0.15) is 0 Å². The number of methoxy groups -OCH3 is 2. The van der Waals surface area contributed by atoms with Gasteiger partial charge in [-0.15, -0.1) is 0 Å². The highest BCUT2D eigenvalue weighted by Crippen LogP contribution is 2.45. The van der Waals surface area contributed by atoms with Crippen molar-refractivity contribution in [2.75, 3.05) is 24.9 Å². The summed E-state index contributed by atoms with van der Waals surface area (Å²) >= 11 is 0. The number of amides is 6. The SMILES string of the molecule is COC(=O)N[C@H](C(=O)N1[C@@H]2CC[C@@H](C2)[C@H]1C(=O)Nc1ccc(-c2cc3ccc2CCc2ccc(c(-c4ccc(NC(=O)[C@@H]5[C@H]6CC[C@H](C6)N5C(=O)[C@@H](NC(=O)OC)C(C)C)cc4)c2)CC3)cc1)C(C)C. The summed E-state index contributed by atoms with van der Waals surface area (Å²) in [4.78, 5) is 83.5. The zero-order valence-corrected chi connectivity index (χ0v) is 41.1. The van der Waals surface area contributed by atoms with Crippen molar-refractivity contribution >= 4 is 47.2 Å². The Labute approximate surface area is 410 Å². The van der Waals surface area contributed by atoms with Crippen molar-refractivity contribution in [1.82, 2.24) is 20.4 Å². The van der Waals surface area contributed by atoms with Gasteiger partial charge in [0, 0.05) is 23.5 Å². The Balaban J connectivity index is 0.862. The molecule has 0 spiro atoms. The molecule has 0 unspecified atom stereocenters. The van der Waals surface area contributed by atoms with Crippen LogP contribution in [-0.2, 0) is 54.3 Å². The summed E-state index contributed by atoms with van der Waals surface area (Å²) in [5, 5.41) is 11.6. The van der Waals surface area contributed by atoms with Gasteiger partial charge in [0.25, 0.3) is 0 Å². The molecule has 8 aliphatic rings. The number of fused-ring (bicyclic) bond motifs is 4. The van der Waals surface area contributed by atoms with E-state index in [1.165, 1.54) is 47.6 Å². The van der Waals surface area contributed by atoms with E-state index in [4.69, 9.17) is 9.47 Å². The number of hydrogen-bond donors (Lipinski definition) is 4. The molecule has 4 fully saturated rings. The maximum atomic E-state index is 14.0. The highest BCUT2D eigenvalue weighted by atomic mass is 16.5. The summed E-state index contributed by atoms with van der Waals surface area (Å²) in [6.07, 6.45) is 6.98.